The number of aryl methyl sites for hydroxylation is 2. The lowest BCUT2D eigenvalue weighted by atomic mass is 10.1. The second-order valence-electron chi connectivity index (χ2n) is 7.41. The van der Waals surface area contributed by atoms with Crippen LogP contribution in [0.15, 0.2) is 42.5 Å². The minimum atomic E-state index is -3.39. The van der Waals surface area contributed by atoms with Crippen molar-refractivity contribution in [1.29, 1.82) is 0 Å². The second-order valence-corrected chi connectivity index (χ2v) is 9.42. The van der Waals surface area contributed by atoms with Gasteiger partial charge in [-0.2, -0.15) is 0 Å². The van der Waals surface area contributed by atoms with E-state index in [-0.39, 0.29) is 12.0 Å². The number of nitrogens with one attached hydrogen (secondary N) is 1. The van der Waals surface area contributed by atoms with E-state index < -0.39 is 10.0 Å². The highest BCUT2D eigenvalue weighted by atomic mass is 32.2. The van der Waals surface area contributed by atoms with Gasteiger partial charge in [-0.05, 0) is 69.0 Å². The van der Waals surface area contributed by atoms with E-state index in [1.165, 1.54) is 11.4 Å². The highest BCUT2D eigenvalue weighted by molar-refractivity contribution is 7.92. The van der Waals surface area contributed by atoms with Crippen LogP contribution in [0, 0.1) is 6.92 Å². The van der Waals surface area contributed by atoms with Gasteiger partial charge in [0.15, 0.2) is 0 Å². The third-order valence-electron chi connectivity index (χ3n) is 4.51. The van der Waals surface area contributed by atoms with E-state index >= 15 is 0 Å². The number of nitrogens with zero attached hydrogens (tertiary/aromatic N) is 1. The topological polar surface area (TPSA) is 75.7 Å². The summed E-state index contributed by atoms with van der Waals surface area (Å²) in [5, 5.41) is 2.90. The third kappa shape index (κ3) is 6.78. The van der Waals surface area contributed by atoms with Gasteiger partial charge < -0.3 is 10.1 Å². The Bertz CT molecular complexity index is 955. The lowest BCUT2D eigenvalue weighted by Gasteiger charge is -2.19. The third-order valence-corrected chi connectivity index (χ3v) is 5.70. The van der Waals surface area contributed by atoms with E-state index in [4.69, 9.17) is 4.74 Å². The molecule has 2 rings (SSSR count). The monoisotopic (exact) mass is 418 g/mol. The zero-order valence-electron chi connectivity index (χ0n) is 17.7. The molecule has 0 fully saturated rings. The van der Waals surface area contributed by atoms with Crippen LogP contribution in [0.2, 0.25) is 0 Å². The summed E-state index contributed by atoms with van der Waals surface area (Å²) in [7, 11) is -1.91. The van der Waals surface area contributed by atoms with Gasteiger partial charge in [0.1, 0.15) is 5.75 Å². The Hall–Kier alpha value is -2.54. The number of rotatable bonds is 9. The molecule has 158 valence electrons. The van der Waals surface area contributed by atoms with E-state index in [0.29, 0.717) is 17.8 Å². The van der Waals surface area contributed by atoms with Crippen LogP contribution in [0.3, 0.4) is 0 Å². The van der Waals surface area contributed by atoms with E-state index in [1.807, 2.05) is 45.0 Å². The lowest BCUT2D eigenvalue weighted by Crippen LogP contribution is -2.27. The average Bonchev–Trinajstić information content (AvgIpc) is 2.64. The van der Waals surface area contributed by atoms with E-state index in [1.54, 1.807) is 18.2 Å². The van der Waals surface area contributed by atoms with Crippen molar-refractivity contribution in [1.82, 2.24) is 5.32 Å². The van der Waals surface area contributed by atoms with Crippen LogP contribution in [0.4, 0.5) is 5.69 Å². The van der Waals surface area contributed by atoms with Crippen LogP contribution >= 0.6 is 0 Å². The number of sulfonamides is 1. The lowest BCUT2D eigenvalue weighted by molar-refractivity contribution is 0.0953. The summed E-state index contributed by atoms with van der Waals surface area (Å²) >= 11 is 0. The maximum atomic E-state index is 12.5. The fourth-order valence-corrected chi connectivity index (χ4v) is 3.47. The summed E-state index contributed by atoms with van der Waals surface area (Å²) in [5.74, 6) is 0.633. The number of carbonyl (C=O) groups excluding carboxylic acids is 1. The first-order chi connectivity index (χ1) is 13.6. The molecule has 6 nitrogen and oxygen atoms in total. The quantitative estimate of drug-likeness (QED) is 0.632. The Labute approximate surface area is 173 Å². The highest BCUT2D eigenvalue weighted by Gasteiger charge is 2.16. The Kier molecular flexibility index (Phi) is 7.67. The zero-order valence-corrected chi connectivity index (χ0v) is 18.5. The summed E-state index contributed by atoms with van der Waals surface area (Å²) in [6, 6.07) is 13.0. The van der Waals surface area contributed by atoms with Gasteiger partial charge in [-0.25, -0.2) is 8.42 Å². The van der Waals surface area contributed by atoms with Gasteiger partial charge >= 0.3 is 0 Å². The Morgan fingerprint density at radius 2 is 1.90 bits per heavy atom. The van der Waals surface area contributed by atoms with Gasteiger partial charge in [0.2, 0.25) is 10.0 Å². The molecule has 0 aromatic heterocycles. The molecule has 0 radical (unpaired) electrons. The maximum absolute atomic E-state index is 12.5. The van der Waals surface area contributed by atoms with Crippen molar-refractivity contribution in [3.05, 3.63) is 59.2 Å². The summed E-state index contributed by atoms with van der Waals surface area (Å²) in [6.07, 6.45) is 2.88. The summed E-state index contributed by atoms with van der Waals surface area (Å²) in [5.41, 5.74) is 2.89. The normalized spacial score (nSPS) is 11.4. The van der Waals surface area contributed by atoms with Crippen molar-refractivity contribution < 1.29 is 17.9 Å². The van der Waals surface area contributed by atoms with Gasteiger partial charge in [-0.3, -0.25) is 9.10 Å². The van der Waals surface area contributed by atoms with Crippen molar-refractivity contribution in [2.45, 2.75) is 39.7 Å². The molecule has 0 heterocycles. The zero-order chi connectivity index (χ0) is 21.6. The molecule has 0 saturated carbocycles. The molecule has 29 heavy (non-hydrogen) atoms. The smallest absolute Gasteiger partial charge is 0.251 e. The summed E-state index contributed by atoms with van der Waals surface area (Å²) in [6.45, 7) is 6.33. The largest absolute Gasteiger partial charge is 0.491 e. The average molecular weight is 419 g/mol. The van der Waals surface area contributed by atoms with Gasteiger partial charge in [0, 0.05) is 19.2 Å². The number of carbonyl (C=O) groups is 1. The molecule has 2 aromatic rings. The van der Waals surface area contributed by atoms with Gasteiger partial charge in [-0.15, -0.1) is 0 Å². The summed E-state index contributed by atoms with van der Waals surface area (Å²) < 4.78 is 30.5. The number of hydrogen-bond donors (Lipinski definition) is 1. The fourth-order valence-electron chi connectivity index (χ4n) is 2.91. The molecule has 0 spiro atoms. The first-order valence-electron chi connectivity index (χ1n) is 9.66. The van der Waals surface area contributed by atoms with Crippen molar-refractivity contribution >= 4 is 21.6 Å². The Balaban J connectivity index is 1.93. The predicted octanol–water partition coefficient (Wildman–Crippen LogP) is 3.54. The molecule has 7 heteroatoms. The van der Waals surface area contributed by atoms with Crippen LogP contribution in [-0.2, 0) is 16.4 Å². The maximum Gasteiger partial charge on any atom is 0.251 e. The minimum absolute atomic E-state index is 0.130. The van der Waals surface area contributed by atoms with Crippen LogP contribution < -0.4 is 14.4 Å². The molecule has 0 bridgehead atoms. The fraction of sp³-hybridized carbons (Fsp3) is 0.409. The first-order valence-corrected chi connectivity index (χ1v) is 11.5. The van der Waals surface area contributed by atoms with Crippen LogP contribution in [0.5, 0.6) is 5.75 Å². The van der Waals surface area contributed by atoms with Crippen molar-refractivity contribution in [3.63, 3.8) is 0 Å². The Morgan fingerprint density at radius 1 is 1.17 bits per heavy atom. The molecule has 0 aliphatic heterocycles. The van der Waals surface area contributed by atoms with E-state index in [9.17, 15) is 13.2 Å². The molecular formula is C22H30N2O4S. The van der Waals surface area contributed by atoms with Gasteiger partial charge in [-0.1, -0.05) is 18.2 Å². The molecule has 1 amide bonds. The standard InChI is InChI=1S/C22H30N2O4S/c1-16(2)28-20-10-6-8-18(14-20)9-7-13-23-22(25)19-12-11-17(3)21(15-19)24(4)29(5,26)27/h6,8,10-12,14-16H,7,9,13H2,1-5H3,(H,23,25). The first kappa shape index (κ1) is 22.7. The molecule has 0 atom stereocenters. The molecule has 2 aromatic carbocycles. The number of anilines is 1. The number of amides is 1. The van der Waals surface area contributed by atoms with Crippen LogP contribution in [0.1, 0.15) is 41.8 Å². The van der Waals surface area contributed by atoms with Gasteiger partial charge in [0.25, 0.3) is 5.91 Å². The van der Waals surface area contributed by atoms with E-state index in [2.05, 4.69) is 5.32 Å². The van der Waals surface area contributed by atoms with E-state index in [0.717, 1.165) is 36.0 Å². The number of hydrogen-bond acceptors (Lipinski definition) is 4. The number of benzene rings is 2. The van der Waals surface area contributed by atoms with Crippen molar-refractivity contribution in [3.8, 4) is 5.75 Å². The molecule has 0 aliphatic carbocycles. The molecule has 0 saturated heterocycles. The SMILES string of the molecule is Cc1ccc(C(=O)NCCCc2cccc(OC(C)C)c2)cc1N(C)S(C)(=O)=O. The molecule has 1 N–H and O–H groups in total. The molecule has 0 aliphatic rings. The summed E-state index contributed by atoms with van der Waals surface area (Å²) in [4.78, 5) is 12.5. The van der Waals surface area contributed by atoms with Crippen LogP contribution in [-0.4, -0.2) is 40.3 Å². The van der Waals surface area contributed by atoms with Gasteiger partial charge in [0.05, 0.1) is 18.0 Å². The van der Waals surface area contributed by atoms with Crippen LogP contribution in [0.25, 0.3) is 0 Å². The number of ether oxygens (including phenoxy) is 1. The van der Waals surface area contributed by atoms with Crippen molar-refractivity contribution in [2.24, 2.45) is 0 Å². The minimum Gasteiger partial charge on any atom is -0.491 e. The second kappa shape index (κ2) is 9.78. The highest BCUT2D eigenvalue weighted by Crippen LogP contribution is 2.22. The predicted molar refractivity (Wildman–Crippen MR) is 117 cm³/mol. The van der Waals surface area contributed by atoms with Crippen molar-refractivity contribution in [2.75, 3.05) is 24.2 Å². The molecule has 0 unspecified atom stereocenters. The molecular weight excluding hydrogens is 388 g/mol. The Morgan fingerprint density at radius 3 is 2.55 bits per heavy atom.